The van der Waals surface area contributed by atoms with Crippen molar-refractivity contribution in [3.8, 4) is 0 Å². The lowest BCUT2D eigenvalue weighted by molar-refractivity contribution is 0.771. The molecule has 0 bridgehead atoms. The van der Waals surface area contributed by atoms with Crippen LogP contribution in [0.15, 0.2) is 18.5 Å². The largest absolute Gasteiger partial charge is 0.345 e. The molecule has 1 unspecified atom stereocenters. The fourth-order valence-corrected chi connectivity index (χ4v) is 1.96. The molecule has 2 rings (SSSR count). The van der Waals surface area contributed by atoms with Gasteiger partial charge in [-0.05, 0) is 46.7 Å². The van der Waals surface area contributed by atoms with Gasteiger partial charge in [-0.3, -0.25) is 0 Å². The maximum absolute atomic E-state index is 5.62. The Morgan fingerprint density at radius 2 is 2.43 bits per heavy atom. The molecule has 0 aromatic carbocycles. The van der Waals surface area contributed by atoms with Gasteiger partial charge in [-0.1, -0.05) is 6.92 Å². The van der Waals surface area contributed by atoms with Crippen LogP contribution in [-0.2, 0) is 0 Å². The number of nitrogens with one attached hydrogen (secondary N) is 1. The van der Waals surface area contributed by atoms with Crippen molar-refractivity contribution in [3.05, 3.63) is 27.6 Å². The van der Waals surface area contributed by atoms with Crippen LogP contribution < -0.4 is 5.73 Å². The Balaban J connectivity index is 2.54. The van der Waals surface area contributed by atoms with Crippen molar-refractivity contribution in [2.45, 2.75) is 12.8 Å². The monoisotopic (exact) mass is 301 g/mol. The lowest BCUT2D eigenvalue weighted by Crippen LogP contribution is -2.08. The standard InChI is InChI=1S/C10H12IN3/c1-6(3-12)7-2-8-9(11)5-14-10(8)13-4-7/h2,4-6H,3,12H2,1H3,(H,13,14). The third-order valence-corrected chi connectivity index (χ3v) is 3.32. The summed E-state index contributed by atoms with van der Waals surface area (Å²) in [5, 5.41) is 1.18. The summed E-state index contributed by atoms with van der Waals surface area (Å²) in [5.74, 6) is 0.373. The zero-order chi connectivity index (χ0) is 10.1. The molecule has 2 heterocycles. The van der Waals surface area contributed by atoms with E-state index in [2.05, 4.69) is 45.5 Å². The first-order valence-electron chi connectivity index (χ1n) is 4.55. The molecular weight excluding hydrogens is 289 g/mol. The Morgan fingerprint density at radius 3 is 3.14 bits per heavy atom. The average Bonchev–Trinajstić information content (AvgIpc) is 2.59. The predicted molar refractivity (Wildman–Crippen MR) is 66.3 cm³/mol. The Kier molecular flexibility index (Phi) is 2.73. The molecule has 0 aliphatic rings. The minimum atomic E-state index is 0.373. The first-order chi connectivity index (χ1) is 6.72. The van der Waals surface area contributed by atoms with Gasteiger partial charge in [-0.15, -0.1) is 0 Å². The van der Waals surface area contributed by atoms with Crippen LogP contribution >= 0.6 is 22.6 Å². The molecule has 0 spiro atoms. The SMILES string of the molecule is CC(CN)c1cnc2[nH]cc(I)c2c1. The van der Waals surface area contributed by atoms with Crippen molar-refractivity contribution in [2.75, 3.05) is 6.54 Å². The summed E-state index contributed by atoms with van der Waals surface area (Å²) in [5.41, 5.74) is 7.78. The van der Waals surface area contributed by atoms with Crippen molar-refractivity contribution >= 4 is 33.6 Å². The summed E-state index contributed by atoms with van der Waals surface area (Å²) in [6.07, 6.45) is 3.86. The summed E-state index contributed by atoms with van der Waals surface area (Å²) in [4.78, 5) is 7.48. The molecule has 0 amide bonds. The van der Waals surface area contributed by atoms with Crippen LogP contribution in [0.3, 0.4) is 0 Å². The topological polar surface area (TPSA) is 54.7 Å². The highest BCUT2D eigenvalue weighted by Gasteiger charge is 2.07. The number of nitrogens with two attached hydrogens (primary N) is 1. The summed E-state index contributed by atoms with van der Waals surface area (Å²) in [6, 6.07) is 2.16. The van der Waals surface area contributed by atoms with Crippen LogP contribution in [0.25, 0.3) is 11.0 Å². The van der Waals surface area contributed by atoms with Gasteiger partial charge in [0, 0.05) is 21.4 Å². The van der Waals surface area contributed by atoms with E-state index < -0.39 is 0 Å². The molecule has 0 radical (unpaired) electrons. The number of aromatic nitrogens is 2. The summed E-state index contributed by atoms with van der Waals surface area (Å²) >= 11 is 2.30. The van der Waals surface area contributed by atoms with Crippen molar-refractivity contribution in [3.63, 3.8) is 0 Å². The summed E-state index contributed by atoms with van der Waals surface area (Å²) in [6.45, 7) is 2.77. The predicted octanol–water partition coefficient (Wildman–Crippen LogP) is 2.23. The van der Waals surface area contributed by atoms with Gasteiger partial charge >= 0.3 is 0 Å². The molecular formula is C10H12IN3. The number of halogens is 1. The Morgan fingerprint density at radius 1 is 1.64 bits per heavy atom. The first-order valence-corrected chi connectivity index (χ1v) is 5.63. The number of rotatable bonds is 2. The Labute approximate surface area is 96.2 Å². The zero-order valence-corrected chi connectivity index (χ0v) is 10.1. The van der Waals surface area contributed by atoms with E-state index in [-0.39, 0.29) is 0 Å². The van der Waals surface area contributed by atoms with Gasteiger partial charge in [0.25, 0.3) is 0 Å². The van der Waals surface area contributed by atoms with Crippen LogP contribution in [0.1, 0.15) is 18.4 Å². The number of fused-ring (bicyclic) bond motifs is 1. The van der Waals surface area contributed by atoms with Crippen LogP contribution in [-0.4, -0.2) is 16.5 Å². The van der Waals surface area contributed by atoms with E-state index in [4.69, 9.17) is 5.73 Å². The molecule has 3 nitrogen and oxygen atoms in total. The normalized spacial score (nSPS) is 13.4. The van der Waals surface area contributed by atoms with Gasteiger partial charge < -0.3 is 10.7 Å². The molecule has 74 valence electrons. The van der Waals surface area contributed by atoms with E-state index in [0.717, 1.165) is 5.65 Å². The van der Waals surface area contributed by atoms with Gasteiger partial charge in [-0.25, -0.2) is 4.98 Å². The van der Waals surface area contributed by atoms with Gasteiger partial charge in [-0.2, -0.15) is 0 Å². The number of H-pyrrole nitrogens is 1. The van der Waals surface area contributed by atoms with Crippen LogP contribution in [0, 0.1) is 3.57 Å². The zero-order valence-electron chi connectivity index (χ0n) is 7.92. The highest BCUT2D eigenvalue weighted by Crippen LogP contribution is 2.22. The second kappa shape index (κ2) is 3.86. The van der Waals surface area contributed by atoms with Crippen molar-refractivity contribution in [2.24, 2.45) is 5.73 Å². The number of hydrogen-bond donors (Lipinski definition) is 2. The number of aromatic amines is 1. The molecule has 2 aromatic rings. The molecule has 2 aromatic heterocycles. The van der Waals surface area contributed by atoms with Crippen LogP contribution in [0.2, 0.25) is 0 Å². The Hall–Kier alpha value is -0.620. The average molecular weight is 301 g/mol. The highest BCUT2D eigenvalue weighted by atomic mass is 127. The first kappa shape index (κ1) is 9.92. The number of pyridine rings is 1. The van der Waals surface area contributed by atoms with Crippen LogP contribution in [0.5, 0.6) is 0 Å². The second-order valence-electron chi connectivity index (χ2n) is 3.44. The summed E-state index contributed by atoms with van der Waals surface area (Å²) < 4.78 is 1.20. The minimum Gasteiger partial charge on any atom is -0.345 e. The molecule has 3 N–H and O–H groups in total. The number of hydrogen-bond acceptors (Lipinski definition) is 2. The molecule has 0 aliphatic heterocycles. The lowest BCUT2D eigenvalue weighted by atomic mass is 10.0. The smallest absolute Gasteiger partial charge is 0.138 e. The van der Waals surface area contributed by atoms with E-state index in [9.17, 15) is 0 Å². The lowest BCUT2D eigenvalue weighted by Gasteiger charge is -2.07. The van der Waals surface area contributed by atoms with E-state index >= 15 is 0 Å². The van der Waals surface area contributed by atoms with E-state index in [0.29, 0.717) is 12.5 Å². The van der Waals surface area contributed by atoms with Crippen molar-refractivity contribution < 1.29 is 0 Å². The van der Waals surface area contributed by atoms with Crippen molar-refractivity contribution in [1.29, 1.82) is 0 Å². The minimum absolute atomic E-state index is 0.373. The molecule has 14 heavy (non-hydrogen) atoms. The molecule has 0 saturated heterocycles. The Bertz CT molecular complexity index is 450. The molecule has 0 saturated carbocycles. The van der Waals surface area contributed by atoms with E-state index in [1.165, 1.54) is 14.5 Å². The molecule has 0 aliphatic carbocycles. The van der Waals surface area contributed by atoms with Gasteiger partial charge in [0.1, 0.15) is 5.65 Å². The molecule has 4 heteroatoms. The van der Waals surface area contributed by atoms with Gasteiger partial charge in [0.15, 0.2) is 0 Å². The maximum Gasteiger partial charge on any atom is 0.138 e. The molecule has 1 atom stereocenters. The fourth-order valence-electron chi connectivity index (χ4n) is 1.39. The highest BCUT2D eigenvalue weighted by molar-refractivity contribution is 14.1. The number of nitrogens with zero attached hydrogens (tertiary/aromatic N) is 1. The molecule has 0 fully saturated rings. The van der Waals surface area contributed by atoms with E-state index in [1.807, 2.05) is 12.4 Å². The quantitative estimate of drug-likeness (QED) is 0.836. The van der Waals surface area contributed by atoms with Gasteiger partial charge in [0.2, 0.25) is 0 Å². The van der Waals surface area contributed by atoms with E-state index in [1.54, 1.807) is 0 Å². The maximum atomic E-state index is 5.62. The third-order valence-electron chi connectivity index (χ3n) is 2.42. The van der Waals surface area contributed by atoms with Gasteiger partial charge in [0.05, 0.1) is 0 Å². The third kappa shape index (κ3) is 1.64. The second-order valence-corrected chi connectivity index (χ2v) is 4.60. The fraction of sp³-hybridized carbons (Fsp3) is 0.300. The van der Waals surface area contributed by atoms with Crippen LogP contribution in [0.4, 0.5) is 0 Å². The van der Waals surface area contributed by atoms with Crippen molar-refractivity contribution in [1.82, 2.24) is 9.97 Å². The summed E-state index contributed by atoms with van der Waals surface area (Å²) in [7, 11) is 0.